The van der Waals surface area contributed by atoms with Gasteiger partial charge in [0.2, 0.25) is 0 Å². The number of nitrogens with zero attached hydrogens (tertiary/aromatic N) is 5. The van der Waals surface area contributed by atoms with Crippen LogP contribution < -0.4 is 0 Å². The van der Waals surface area contributed by atoms with E-state index in [2.05, 4.69) is 39.7 Å². The lowest BCUT2D eigenvalue weighted by atomic mass is 9.57. The third-order valence-electron chi connectivity index (χ3n) is 8.08. The Kier molecular flexibility index (Phi) is 5.93. The Hall–Kier alpha value is -3.55. The molecule has 0 atom stereocenters. The van der Waals surface area contributed by atoms with Crippen LogP contribution in [0.3, 0.4) is 0 Å². The van der Waals surface area contributed by atoms with Crippen LogP contribution in [0.2, 0.25) is 0 Å². The molecule has 8 heteroatoms. The molecule has 1 aromatic heterocycles. The lowest BCUT2D eigenvalue weighted by Crippen LogP contribution is -2.41. The Bertz CT molecular complexity index is 1240. The number of carbonyl (C=O) groups is 2. The van der Waals surface area contributed by atoms with Crippen molar-refractivity contribution in [3.63, 3.8) is 0 Å². The molecule has 5 rings (SSSR count). The first kappa shape index (κ1) is 24.2. The first-order valence-corrected chi connectivity index (χ1v) is 12.6. The summed E-state index contributed by atoms with van der Waals surface area (Å²) in [7, 11) is 7.09. The summed E-state index contributed by atoms with van der Waals surface area (Å²) in [4.78, 5) is 28.9. The van der Waals surface area contributed by atoms with Crippen molar-refractivity contribution in [3.8, 4) is 0 Å². The molecule has 0 saturated heterocycles. The molecule has 2 aliphatic rings. The molecule has 1 saturated carbocycles. The van der Waals surface area contributed by atoms with Crippen molar-refractivity contribution in [1.82, 2.24) is 30.4 Å². The van der Waals surface area contributed by atoms with Crippen molar-refractivity contribution < 1.29 is 9.59 Å². The number of H-pyrrole nitrogens is 1. The van der Waals surface area contributed by atoms with Gasteiger partial charge in [-0.1, -0.05) is 30.7 Å². The zero-order chi connectivity index (χ0) is 25.7. The average Bonchev–Trinajstić information content (AvgIpc) is 3.35. The Morgan fingerprint density at radius 1 is 0.889 bits per heavy atom. The van der Waals surface area contributed by atoms with Crippen molar-refractivity contribution in [2.75, 3.05) is 28.2 Å². The number of aromatic amines is 1. The van der Waals surface area contributed by atoms with Crippen LogP contribution in [0, 0.1) is 5.41 Å². The normalized spacial score (nSPS) is 17.2. The Morgan fingerprint density at radius 3 is 1.81 bits per heavy atom. The quantitative estimate of drug-likeness (QED) is 0.594. The first-order valence-electron chi connectivity index (χ1n) is 12.6. The summed E-state index contributed by atoms with van der Waals surface area (Å²) in [5.41, 5.74) is 5.32. The highest BCUT2D eigenvalue weighted by Crippen LogP contribution is 2.55. The van der Waals surface area contributed by atoms with Crippen LogP contribution >= 0.6 is 0 Å². The van der Waals surface area contributed by atoms with Gasteiger partial charge in [0.1, 0.15) is 0 Å². The number of tetrazole rings is 1. The van der Waals surface area contributed by atoms with Gasteiger partial charge in [-0.05, 0) is 84.0 Å². The molecule has 8 nitrogen and oxygen atoms in total. The predicted octanol–water partition coefficient (Wildman–Crippen LogP) is 3.62. The van der Waals surface area contributed by atoms with Gasteiger partial charge < -0.3 is 9.80 Å². The van der Waals surface area contributed by atoms with Gasteiger partial charge in [0.25, 0.3) is 11.8 Å². The van der Waals surface area contributed by atoms with Crippen molar-refractivity contribution >= 4 is 11.8 Å². The predicted molar refractivity (Wildman–Crippen MR) is 137 cm³/mol. The highest BCUT2D eigenvalue weighted by molar-refractivity contribution is 5.95. The summed E-state index contributed by atoms with van der Waals surface area (Å²) < 4.78 is 0. The summed E-state index contributed by atoms with van der Waals surface area (Å²) in [6.07, 6.45) is 5.85. The minimum Gasteiger partial charge on any atom is -0.345 e. The molecule has 0 aliphatic heterocycles. The lowest BCUT2D eigenvalue weighted by Gasteiger charge is -2.46. The molecule has 1 heterocycles. The van der Waals surface area contributed by atoms with E-state index in [1.807, 2.05) is 24.3 Å². The Morgan fingerprint density at radius 2 is 1.42 bits per heavy atom. The summed E-state index contributed by atoms with van der Waals surface area (Å²) in [5.74, 6) is 0.600. The third-order valence-corrected chi connectivity index (χ3v) is 8.08. The molecule has 0 unspecified atom stereocenters. The number of hydrogen-bond donors (Lipinski definition) is 1. The number of amides is 2. The summed E-state index contributed by atoms with van der Waals surface area (Å²) in [6, 6.07) is 12.1. The molecule has 3 aromatic rings. The average molecular weight is 487 g/mol. The molecule has 0 radical (unpaired) electrons. The van der Waals surface area contributed by atoms with E-state index in [-0.39, 0.29) is 17.2 Å². The second-order valence-electron chi connectivity index (χ2n) is 11.1. The maximum absolute atomic E-state index is 12.8. The number of nitrogens with one attached hydrogen (secondary N) is 1. The zero-order valence-electron chi connectivity index (χ0n) is 21.8. The molecule has 36 heavy (non-hydrogen) atoms. The van der Waals surface area contributed by atoms with Crippen molar-refractivity contribution in [1.29, 1.82) is 0 Å². The number of aromatic nitrogens is 4. The zero-order valence-corrected chi connectivity index (χ0v) is 21.8. The number of benzene rings is 2. The van der Waals surface area contributed by atoms with Gasteiger partial charge in [0, 0.05) is 39.3 Å². The van der Waals surface area contributed by atoms with Crippen LogP contribution in [0.1, 0.15) is 81.4 Å². The van der Waals surface area contributed by atoms with Gasteiger partial charge in [-0.15, -0.1) is 10.2 Å². The molecule has 1 N–H and O–H groups in total. The molecule has 1 fully saturated rings. The van der Waals surface area contributed by atoms with Crippen molar-refractivity contribution in [3.05, 3.63) is 75.6 Å². The SMILES string of the molecule is CN(C)C(=O)c1ccc2c(c1)CCc1cc(C(=O)N(C)C)ccc1C2(CC1(C)CCC1)c1nn[nH]n1. The number of hydrogen-bond acceptors (Lipinski definition) is 5. The van der Waals surface area contributed by atoms with Crippen molar-refractivity contribution in [2.45, 2.75) is 50.9 Å². The fourth-order valence-electron chi connectivity index (χ4n) is 6.08. The minimum atomic E-state index is -0.636. The molecule has 2 aliphatic carbocycles. The molecule has 0 bridgehead atoms. The number of fused-ring (bicyclic) bond motifs is 2. The molecule has 188 valence electrons. The fourth-order valence-corrected chi connectivity index (χ4v) is 6.08. The van der Waals surface area contributed by atoms with Crippen LogP contribution in [-0.2, 0) is 18.3 Å². The van der Waals surface area contributed by atoms with Gasteiger partial charge in [0.15, 0.2) is 5.82 Å². The fraction of sp³-hybridized carbons (Fsp3) is 0.464. The molecule has 0 spiro atoms. The van der Waals surface area contributed by atoms with E-state index in [0.29, 0.717) is 17.0 Å². The van der Waals surface area contributed by atoms with E-state index in [9.17, 15) is 9.59 Å². The maximum atomic E-state index is 12.8. The second-order valence-corrected chi connectivity index (χ2v) is 11.1. The smallest absolute Gasteiger partial charge is 0.253 e. The van der Waals surface area contributed by atoms with Crippen LogP contribution in [-0.4, -0.2) is 70.4 Å². The lowest BCUT2D eigenvalue weighted by molar-refractivity contribution is 0.0820. The maximum Gasteiger partial charge on any atom is 0.253 e. The van der Waals surface area contributed by atoms with E-state index in [4.69, 9.17) is 0 Å². The van der Waals surface area contributed by atoms with Crippen LogP contribution in [0.5, 0.6) is 0 Å². The summed E-state index contributed by atoms with van der Waals surface area (Å²) in [6.45, 7) is 2.34. The van der Waals surface area contributed by atoms with Gasteiger partial charge in [0.05, 0.1) is 5.41 Å². The third kappa shape index (κ3) is 3.88. The number of aryl methyl sites for hydroxylation is 2. The van der Waals surface area contributed by atoms with Gasteiger partial charge >= 0.3 is 0 Å². The summed E-state index contributed by atoms with van der Waals surface area (Å²) >= 11 is 0. The van der Waals surface area contributed by atoms with E-state index in [1.54, 1.807) is 38.0 Å². The molecule has 2 amide bonds. The molecule has 2 aromatic carbocycles. The first-order chi connectivity index (χ1) is 17.1. The van der Waals surface area contributed by atoms with Crippen LogP contribution in [0.4, 0.5) is 0 Å². The highest BCUT2D eigenvalue weighted by Gasteiger charge is 2.50. The summed E-state index contributed by atoms with van der Waals surface area (Å²) in [5, 5.41) is 15.8. The van der Waals surface area contributed by atoms with Gasteiger partial charge in [-0.25, -0.2) is 0 Å². The van der Waals surface area contributed by atoms with E-state index in [0.717, 1.165) is 54.4 Å². The van der Waals surface area contributed by atoms with Gasteiger partial charge in [-0.2, -0.15) is 5.21 Å². The molecular formula is C28H34N6O2. The van der Waals surface area contributed by atoms with Crippen LogP contribution in [0.15, 0.2) is 36.4 Å². The Balaban J connectivity index is 1.77. The molecular weight excluding hydrogens is 452 g/mol. The van der Waals surface area contributed by atoms with E-state index in [1.165, 1.54) is 6.42 Å². The number of rotatable bonds is 5. The Labute approximate surface area is 212 Å². The standard InChI is InChI=1S/C28H34N6O2/c1-27(13-6-14-27)17-28(26-29-31-32-30-26)22-11-9-20(24(35)33(2)3)15-18(22)7-8-19-16-21(10-12-23(19)28)25(36)34(4)5/h9-12,15-16H,6-8,13-14,17H2,1-5H3,(H,29,30,31,32). The van der Waals surface area contributed by atoms with E-state index >= 15 is 0 Å². The van der Waals surface area contributed by atoms with Gasteiger partial charge in [-0.3, -0.25) is 9.59 Å². The van der Waals surface area contributed by atoms with Crippen molar-refractivity contribution in [2.24, 2.45) is 5.41 Å². The topological polar surface area (TPSA) is 95.1 Å². The highest BCUT2D eigenvalue weighted by atomic mass is 16.2. The minimum absolute atomic E-state index is 0.0189. The van der Waals surface area contributed by atoms with E-state index < -0.39 is 5.41 Å². The number of carbonyl (C=O) groups excluding carboxylic acids is 2. The largest absolute Gasteiger partial charge is 0.345 e. The van der Waals surface area contributed by atoms with Crippen LogP contribution in [0.25, 0.3) is 0 Å². The monoisotopic (exact) mass is 486 g/mol. The second kappa shape index (κ2) is 8.84.